The molecule has 23 heteroatoms. The second-order valence-corrected chi connectivity index (χ2v) is 12.0. The Morgan fingerprint density at radius 1 is 0.653 bits per heavy atom. The number of ether oxygens (including phenoxy) is 7. The number of carbonyl (C=O) groups excluding carboxylic acids is 1. The van der Waals surface area contributed by atoms with Gasteiger partial charge in [0, 0.05) is 13.5 Å². The van der Waals surface area contributed by atoms with Crippen LogP contribution in [0.2, 0.25) is 0 Å². The van der Waals surface area contributed by atoms with Crippen molar-refractivity contribution in [3.8, 4) is 0 Å². The summed E-state index contributed by atoms with van der Waals surface area (Å²) >= 11 is 0. The van der Waals surface area contributed by atoms with Crippen molar-refractivity contribution in [2.75, 3.05) is 19.8 Å². The molecule has 0 radical (unpaired) electrons. The molecule has 4 saturated heterocycles. The van der Waals surface area contributed by atoms with Crippen molar-refractivity contribution in [2.45, 2.75) is 130 Å². The molecule has 4 rings (SSSR count). The zero-order valence-electron chi connectivity index (χ0n) is 25.8. The van der Waals surface area contributed by atoms with Crippen molar-refractivity contribution in [3.05, 3.63) is 0 Å². The molecule has 0 unspecified atom stereocenters. The van der Waals surface area contributed by atoms with E-state index >= 15 is 0 Å². The van der Waals surface area contributed by atoms with Gasteiger partial charge in [0.25, 0.3) is 0 Å². The summed E-state index contributed by atoms with van der Waals surface area (Å²) in [6, 6.07) is -1.51. The lowest BCUT2D eigenvalue weighted by atomic mass is 9.95. The number of carbonyl (C=O) groups is 2. The summed E-state index contributed by atoms with van der Waals surface area (Å²) < 4.78 is 38.2. The zero-order chi connectivity index (χ0) is 36.5. The van der Waals surface area contributed by atoms with Gasteiger partial charge in [-0.05, 0) is 0 Å². The molecule has 4 aliphatic heterocycles. The summed E-state index contributed by atoms with van der Waals surface area (Å²) in [7, 11) is 0. The van der Waals surface area contributed by atoms with Crippen molar-refractivity contribution >= 4 is 11.9 Å². The number of rotatable bonds is 11. The molecule has 284 valence electrons. The quantitative estimate of drug-likeness (QED) is 0.0942. The van der Waals surface area contributed by atoms with Crippen LogP contribution >= 0.6 is 0 Å². The number of nitrogens with two attached hydrogens (primary N) is 1. The van der Waals surface area contributed by atoms with E-state index in [1.54, 1.807) is 0 Å². The molecule has 0 aromatic carbocycles. The first kappa shape index (κ1) is 40.0. The predicted molar refractivity (Wildman–Crippen MR) is 148 cm³/mol. The third kappa shape index (κ3) is 8.47. The van der Waals surface area contributed by atoms with Gasteiger partial charge in [0.1, 0.15) is 91.5 Å². The molecule has 0 aliphatic carbocycles. The van der Waals surface area contributed by atoms with Crippen molar-refractivity contribution < 1.29 is 104 Å². The number of nitrogens with one attached hydrogen (secondary N) is 1. The summed E-state index contributed by atoms with van der Waals surface area (Å²) in [6.07, 6.45) is -34.5. The van der Waals surface area contributed by atoms with Gasteiger partial charge in [-0.1, -0.05) is 0 Å². The molecule has 20 atom stereocenters. The number of carboxylic acid groups (broad SMARTS) is 1. The van der Waals surface area contributed by atoms with Gasteiger partial charge in [-0.3, -0.25) is 4.79 Å². The Bertz CT molecular complexity index is 1100. The Kier molecular flexibility index (Phi) is 13.6. The minimum Gasteiger partial charge on any atom is -0.479 e. The van der Waals surface area contributed by atoms with E-state index in [0.29, 0.717) is 0 Å². The van der Waals surface area contributed by atoms with Gasteiger partial charge < -0.3 is 105 Å². The number of aliphatic hydroxyl groups is 11. The number of amides is 1. The molecule has 0 bridgehead atoms. The van der Waals surface area contributed by atoms with Crippen molar-refractivity contribution in [3.63, 3.8) is 0 Å². The van der Waals surface area contributed by atoms with Crippen LogP contribution in [0.5, 0.6) is 0 Å². The molecule has 1 amide bonds. The minimum atomic E-state index is -2.06. The second kappa shape index (κ2) is 16.7. The number of carboxylic acids is 1. The van der Waals surface area contributed by atoms with Crippen LogP contribution in [0.15, 0.2) is 0 Å². The summed E-state index contributed by atoms with van der Waals surface area (Å²) in [5.41, 5.74) is 5.57. The molecule has 0 spiro atoms. The Labute approximate surface area is 276 Å². The fourth-order valence-electron chi connectivity index (χ4n) is 5.87. The third-order valence-electron chi connectivity index (χ3n) is 8.60. The van der Waals surface area contributed by atoms with Gasteiger partial charge >= 0.3 is 5.97 Å². The summed E-state index contributed by atoms with van der Waals surface area (Å²) in [5.74, 6) is -2.41. The monoisotopic (exact) mass is 720 g/mol. The van der Waals surface area contributed by atoms with Crippen LogP contribution in [-0.4, -0.2) is 216 Å². The number of aliphatic hydroxyl groups excluding tert-OH is 11. The van der Waals surface area contributed by atoms with E-state index in [-0.39, 0.29) is 6.54 Å². The maximum absolute atomic E-state index is 11.7. The first-order valence-corrected chi connectivity index (χ1v) is 15.2. The maximum atomic E-state index is 11.7. The molecule has 23 nitrogen and oxygen atoms in total. The molecule has 4 aliphatic rings. The standard InChI is InChI=1S/C26H44N2O21/c1-5(30)28-9-11(32)20(48-25-16(37)12(33)10(31)6(2-27)45-25)8(44-23(9)42)4-43-24-18(39)15(36)19(7(3-29)46-24)47-26-17(38)13(34)14(35)21(49-26)22(40)41/h6-21,23-26,29,31-39,42H,2-4,27H2,1H3,(H,28,30)(H,40,41)/t6-,7-,8-,9-,10+,11-,12+,13+,14-,15-,16-,17-,18-,19-,20-,21+,23-,24-,25+,26-/m1/s1. The minimum absolute atomic E-state index is 0.321. The largest absolute Gasteiger partial charge is 0.479 e. The van der Waals surface area contributed by atoms with E-state index in [2.05, 4.69) is 5.32 Å². The average molecular weight is 721 g/mol. The molecule has 4 fully saturated rings. The van der Waals surface area contributed by atoms with Gasteiger partial charge in [-0.2, -0.15) is 0 Å². The summed E-state index contributed by atoms with van der Waals surface area (Å²) in [4.78, 5) is 23.2. The molecular formula is C26H44N2O21. The van der Waals surface area contributed by atoms with Gasteiger partial charge in [-0.25, -0.2) is 4.79 Å². The smallest absolute Gasteiger partial charge is 0.335 e. The van der Waals surface area contributed by atoms with Crippen LogP contribution in [0.1, 0.15) is 6.92 Å². The Balaban J connectivity index is 1.48. The summed E-state index contributed by atoms with van der Waals surface area (Å²) in [6.45, 7) is -0.911. The lowest BCUT2D eigenvalue weighted by Gasteiger charge is -2.47. The van der Waals surface area contributed by atoms with E-state index in [9.17, 15) is 70.9 Å². The van der Waals surface area contributed by atoms with Crippen LogP contribution < -0.4 is 11.1 Å². The lowest BCUT2D eigenvalue weighted by Crippen LogP contribution is -2.68. The van der Waals surface area contributed by atoms with Gasteiger partial charge in [0.05, 0.1) is 13.2 Å². The molecular weight excluding hydrogens is 676 g/mol. The van der Waals surface area contributed by atoms with Crippen LogP contribution in [-0.2, 0) is 42.7 Å². The van der Waals surface area contributed by atoms with Crippen molar-refractivity contribution in [2.24, 2.45) is 5.73 Å². The highest BCUT2D eigenvalue weighted by Crippen LogP contribution is 2.32. The highest BCUT2D eigenvalue weighted by atomic mass is 16.8. The predicted octanol–water partition coefficient (Wildman–Crippen LogP) is -9.55. The zero-order valence-corrected chi connectivity index (χ0v) is 25.8. The SMILES string of the molecule is CC(=O)N[C@@H]1[C@@H](O)[C@H](O[C@@H]2O[C@H](CN)[C@H](O)[C@H](O)[C@H]2O)[C@@H](CO[C@@H]2O[C@H](CO)[C@@H](O[C@@H]3O[C@H](C(=O)O)[C@H](O)[C@H](O)[C@H]3O)[C@H](O)[C@H]2O)O[C@H]1O. The van der Waals surface area contributed by atoms with Gasteiger partial charge in [-0.15, -0.1) is 0 Å². The first-order chi connectivity index (χ1) is 23.0. The molecule has 4 heterocycles. The van der Waals surface area contributed by atoms with Crippen LogP contribution in [0, 0.1) is 0 Å². The van der Waals surface area contributed by atoms with E-state index in [1.165, 1.54) is 0 Å². The average Bonchev–Trinajstić information content (AvgIpc) is 3.05. The number of hydrogen-bond donors (Lipinski definition) is 14. The van der Waals surface area contributed by atoms with Crippen LogP contribution in [0.4, 0.5) is 0 Å². The van der Waals surface area contributed by atoms with E-state index in [4.69, 9.17) is 38.9 Å². The fraction of sp³-hybridized carbons (Fsp3) is 0.923. The van der Waals surface area contributed by atoms with E-state index in [1.807, 2.05) is 0 Å². The van der Waals surface area contributed by atoms with Crippen molar-refractivity contribution in [1.82, 2.24) is 5.32 Å². The molecule has 49 heavy (non-hydrogen) atoms. The van der Waals surface area contributed by atoms with Crippen LogP contribution in [0.25, 0.3) is 0 Å². The van der Waals surface area contributed by atoms with E-state index in [0.717, 1.165) is 6.92 Å². The molecule has 0 aromatic heterocycles. The third-order valence-corrected chi connectivity index (χ3v) is 8.60. The normalized spacial score (nSPS) is 49.3. The van der Waals surface area contributed by atoms with Gasteiger partial charge in [0.15, 0.2) is 31.3 Å². The lowest BCUT2D eigenvalue weighted by molar-refractivity contribution is -0.365. The number of aliphatic carboxylic acids is 1. The maximum Gasteiger partial charge on any atom is 0.335 e. The van der Waals surface area contributed by atoms with Crippen molar-refractivity contribution in [1.29, 1.82) is 0 Å². The second-order valence-electron chi connectivity index (χ2n) is 12.0. The first-order valence-electron chi connectivity index (χ1n) is 15.2. The van der Waals surface area contributed by atoms with Gasteiger partial charge in [0.2, 0.25) is 5.91 Å². The van der Waals surface area contributed by atoms with Crippen LogP contribution in [0.3, 0.4) is 0 Å². The Hall–Kier alpha value is -1.82. The summed E-state index contributed by atoms with van der Waals surface area (Å²) in [5, 5.41) is 126. The Morgan fingerprint density at radius 2 is 1.18 bits per heavy atom. The number of hydrogen-bond acceptors (Lipinski definition) is 21. The Morgan fingerprint density at radius 3 is 1.73 bits per heavy atom. The topological polar surface area (TPSA) is 380 Å². The fourth-order valence-corrected chi connectivity index (χ4v) is 5.87. The molecule has 15 N–H and O–H groups in total. The highest BCUT2D eigenvalue weighted by molar-refractivity contribution is 5.73. The molecule has 0 aromatic rings. The van der Waals surface area contributed by atoms with E-state index < -0.39 is 148 Å². The molecule has 0 saturated carbocycles. The highest BCUT2D eigenvalue weighted by Gasteiger charge is 2.54.